The van der Waals surface area contributed by atoms with Crippen LogP contribution in [0.5, 0.6) is 11.5 Å². The molecule has 0 fully saturated rings. The van der Waals surface area contributed by atoms with E-state index >= 15 is 0 Å². The molecule has 0 spiro atoms. The van der Waals surface area contributed by atoms with Crippen LogP contribution in [0.2, 0.25) is 0 Å². The van der Waals surface area contributed by atoms with E-state index < -0.39 is 0 Å². The first-order valence-electron chi connectivity index (χ1n) is 5.88. The van der Waals surface area contributed by atoms with Crippen LogP contribution >= 0.6 is 0 Å². The van der Waals surface area contributed by atoms with Gasteiger partial charge in [0.05, 0.1) is 20.8 Å². The summed E-state index contributed by atoms with van der Waals surface area (Å²) in [7, 11) is 3.31. The van der Waals surface area contributed by atoms with Crippen LogP contribution in [0.25, 0.3) is 0 Å². The van der Waals surface area contributed by atoms with Gasteiger partial charge in [0.2, 0.25) is 0 Å². The summed E-state index contributed by atoms with van der Waals surface area (Å²) in [6.07, 6.45) is 0. The molecule has 3 nitrogen and oxygen atoms in total. The van der Waals surface area contributed by atoms with Gasteiger partial charge in [-0.15, -0.1) is 0 Å². The van der Waals surface area contributed by atoms with E-state index in [4.69, 9.17) is 9.47 Å². The Labute approximate surface area is 103 Å². The fourth-order valence-corrected chi connectivity index (χ4v) is 2.03. The molecule has 0 aliphatic rings. The van der Waals surface area contributed by atoms with E-state index in [9.17, 15) is 5.11 Å². The highest BCUT2D eigenvalue weighted by molar-refractivity contribution is 5.47. The van der Waals surface area contributed by atoms with Gasteiger partial charge >= 0.3 is 0 Å². The summed E-state index contributed by atoms with van der Waals surface area (Å²) in [5.41, 5.74) is 2.04. The molecule has 0 heterocycles. The van der Waals surface area contributed by atoms with E-state index in [2.05, 4.69) is 13.8 Å². The molecule has 3 heteroatoms. The molecule has 0 aliphatic carbocycles. The lowest BCUT2D eigenvalue weighted by molar-refractivity contribution is 0.233. The van der Waals surface area contributed by atoms with Gasteiger partial charge in [-0.1, -0.05) is 13.8 Å². The first-order valence-corrected chi connectivity index (χ1v) is 5.88. The van der Waals surface area contributed by atoms with Gasteiger partial charge in [-0.05, 0) is 30.5 Å². The van der Waals surface area contributed by atoms with E-state index in [1.165, 1.54) is 0 Å². The maximum atomic E-state index is 9.51. The van der Waals surface area contributed by atoms with E-state index in [-0.39, 0.29) is 12.5 Å². The van der Waals surface area contributed by atoms with Crippen molar-refractivity contribution in [2.24, 2.45) is 5.92 Å². The summed E-state index contributed by atoms with van der Waals surface area (Å²) >= 11 is 0. The Balaban J connectivity index is 3.28. The Hall–Kier alpha value is -1.22. The summed E-state index contributed by atoms with van der Waals surface area (Å²) in [6.45, 7) is 6.27. The van der Waals surface area contributed by atoms with Crippen molar-refractivity contribution < 1.29 is 14.6 Å². The number of aryl methyl sites for hydroxylation is 1. The molecule has 0 radical (unpaired) electrons. The van der Waals surface area contributed by atoms with Crippen LogP contribution in [0.4, 0.5) is 0 Å². The molecule has 0 saturated carbocycles. The Kier molecular flexibility index (Phi) is 4.82. The number of aliphatic hydroxyl groups is 1. The van der Waals surface area contributed by atoms with Crippen molar-refractivity contribution >= 4 is 0 Å². The Morgan fingerprint density at radius 1 is 1.12 bits per heavy atom. The number of hydrogen-bond acceptors (Lipinski definition) is 3. The molecule has 0 amide bonds. The minimum Gasteiger partial charge on any atom is -0.496 e. The zero-order valence-electron chi connectivity index (χ0n) is 11.3. The maximum absolute atomic E-state index is 9.51. The molecule has 0 saturated heterocycles. The molecule has 1 atom stereocenters. The van der Waals surface area contributed by atoms with Crippen molar-refractivity contribution in [3.05, 3.63) is 23.3 Å². The van der Waals surface area contributed by atoms with Gasteiger partial charge in [-0.2, -0.15) is 0 Å². The van der Waals surface area contributed by atoms with Crippen LogP contribution in [-0.4, -0.2) is 25.9 Å². The molecule has 0 aromatic heterocycles. The molecule has 0 aliphatic heterocycles. The average molecular weight is 238 g/mol. The molecule has 1 N–H and O–H groups in total. The fourth-order valence-electron chi connectivity index (χ4n) is 2.03. The van der Waals surface area contributed by atoms with Crippen LogP contribution in [0, 0.1) is 12.8 Å². The molecule has 1 aromatic carbocycles. The van der Waals surface area contributed by atoms with Gasteiger partial charge in [-0.25, -0.2) is 0 Å². The molecule has 1 aromatic rings. The summed E-state index contributed by atoms with van der Waals surface area (Å²) in [5, 5.41) is 9.51. The van der Waals surface area contributed by atoms with Crippen LogP contribution in [0.1, 0.15) is 30.9 Å². The van der Waals surface area contributed by atoms with Gasteiger partial charge in [-0.3, -0.25) is 0 Å². The van der Waals surface area contributed by atoms with Crippen molar-refractivity contribution in [2.75, 3.05) is 20.8 Å². The zero-order valence-corrected chi connectivity index (χ0v) is 11.3. The van der Waals surface area contributed by atoms with Crippen molar-refractivity contribution in [2.45, 2.75) is 26.7 Å². The highest BCUT2D eigenvalue weighted by Crippen LogP contribution is 2.36. The molecule has 96 valence electrons. The first kappa shape index (κ1) is 13.8. The highest BCUT2D eigenvalue weighted by Gasteiger charge is 2.20. The van der Waals surface area contributed by atoms with Crippen molar-refractivity contribution in [3.8, 4) is 11.5 Å². The van der Waals surface area contributed by atoms with Crippen molar-refractivity contribution in [3.63, 3.8) is 0 Å². The molecule has 1 unspecified atom stereocenters. The number of aliphatic hydroxyl groups excluding tert-OH is 1. The lowest BCUT2D eigenvalue weighted by Gasteiger charge is -2.22. The van der Waals surface area contributed by atoms with Gasteiger partial charge in [0.25, 0.3) is 0 Å². The van der Waals surface area contributed by atoms with Crippen LogP contribution < -0.4 is 9.47 Å². The van der Waals surface area contributed by atoms with Crippen LogP contribution in [-0.2, 0) is 0 Å². The van der Waals surface area contributed by atoms with Gasteiger partial charge < -0.3 is 14.6 Å². The fraction of sp³-hybridized carbons (Fsp3) is 0.571. The number of rotatable bonds is 5. The third-order valence-electron chi connectivity index (χ3n) is 3.15. The quantitative estimate of drug-likeness (QED) is 0.857. The summed E-state index contributed by atoms with van der Waals surface area (Å²) in [6, 6.07) is 3.92. The largest absolute Gasteiger partial charge is 0.496 e. The molecule has 1 rings (SSSR count). The van der Waals surface area contributed by atoms with E-state index in [0.29, 0.717) is 5.92 Å². The summed E-state index contributed by atoms with van der Waals surface area (Å²) < 4.78 is 10.7. The third kappa shape index (κ3) is 2.91. The molecule has 0 bridgehead atoms. The van der Waals surface area contributed by atoms with E-state index in [0.717, 1.165) is 22.6 Å². The maximum Gasteiger partial charge on any atom is 0.122 e. The smallest absolute Gasteiger partial charge is 0.122 e. The first-order chi connectivity index (χ1) is 8.04. The predicted molar refractivity (Wildman–Crippen MR) is 68.9 cm³/mol. The highest BCUT2D eigenvalue weighted by atomic mass is 16.5. The molecular formula is C14H22O3. The second-order valence-electron chi connectivity index (χ2n) is 4.60. The Morgan fingerprint density at radius 3 is 2.12 bits per heavy atom. The third-order valence-corrected chi connectivity index (χ3v) is 3.15. The normalized spacial score (nSPS) is 12.6. The number of ether oxygens (including phenoxy) is 2. The lowest BCUT2D eigenvalue weighted by atomic mass is 9.88. The second kappa shape index (κ2) is 5.92. The second-order valence-corrected chi connectivity index (χ2v) is 4.60. The van der Waals surface area contributed by atoms with E-state index in [1.807, 2.05) is 19.1 Å². The SMILES string of the molecule is COc1cc(C(CO)C(C)C)c(OC)cc1C. The minimum atomic E-state index is 0.0689. The average Bonchev–Trinajstić information content (AvgIpc) is 2.30. The van der Waals surface area contributed by atoms with Gasteiger partial charge in [0.15, 0.2) is 0 Å². The van der Waals surface area contributed by atoms with Crippen LogP contribution in [0.15, 0.2) is 12.1 Å². The van der Waals surface area contributed by atoms with Crippen LogP contribution in [0.3, 0.4) is 0 Å². The topological polar surface area (TPSA) is 38.7 Å². The standard InChI is InChI=1S/C14H22O3/c1-9(2)12(8-15)11-7-13(16-4)10(3)6-14(11)17-5/h6-7,9,12,15H,8H2,1-5H3. The van der Waals surface area contributed by atoms with Gasteiger partial charge in [0.1, 0.15) is 11.5 Å². The predicted octanol–water partition coefficient (Wildman–Crippen LogP) is 2.74. The number of hydrogen-bond donors (Lipinski definition) is 1. The summed E-state index contributed by atoms with van der Waals surface area (Å²) in [5.74, 6) is 2.07. The number of benzene rings is 1. The number of methoxy groups -OCH3 is 2. The Morgan fingerprint density at radius 2 is 1.71 bits per heavy atom. The lowest BCUT2D eigenvalue weighted by Crippen LogP contribution is -2.13. The summed E-state index contributed by atoms with van der Waals surface area (Å²) in [4.78, 5) is 0. The van der Waals surface area contributed by atoms with E-state index in [1.54, 1.807) is 14.2 Å². The van der Waals surface area contributed by atoms with Gasteiger partial charge in [0, 0.05) is 11.5 Å². The zero-order chi connectivity index (χ0) is 13.0. The monoisotopic (exact) mass is 238 g/mol. The van der Waals surface area contributed by atoms with Crippen molar-refractivity contribution in [1.29, 1.82) is 0 Å². The molecular weight excluding hydrogens is 216 g/mol. The minimum absolute atomic E-state index is 0.0689. The Bertz CT molecular complexity index is 372. The molecule has 17 heavy (non-hydrogen) atoms. The van der Waals surface area contributed by atoms with Crippen molar-refractivity contribution in [1.82, 2.24) is 0 Å².